The van der Waals surface area contributed by atoms with Gasteiger partial charge in [0.1, 0.15) is 6.04 Å². The van der Waals surface area contributed by atoms with Gasteiger partial charge in [-0.15, -0.1) is 0 Å². The number of benzene rings is 2. The van der Waals surface area contributed by atoms with Gasteiger partial charge in [-0.1, -0.05) is 41.7 Å². The van der Waals surface area contributed by atoms with Gasteiger partial charge in [0, 0.05) is 38.4 Å². The Balaban J connectivity index is 1.27. The highest BCUT2D eigenvalue weighted by atomic mass is 32.1. The second-order valence-corrected chi connectivity index (χ2v) is 8.86. The molecule has 3 aromatic rings. The van der Waals surface area contributed by atoms with Crippen molar-refractivity contribution >= 4 is 33.1 Å². The number of amides is 1. The van der Waals surface area contributed by atoms with Crippen LogP contribution < -0.4 is 10.1 Å². The van der Waals surface area contributed by atoms with Gasteiger partial charge < -0.3 is 15.0 Å². The number of carbonyl (C=O) groups is 1. The largest absolute Gasteiger partial charge is 0.470 e. The van der Waals surface area contributed by atoms with Gasteiger partial charge >= 0.3 is 0 Å². The fourth-order valence-corrected chi connectivity index (χ4v) is 4.80. The van der Waals surface area contributed by atoms with E-state index in [0.29, 0.717) is 11.8 Å². The van der Waals surface area contributed by atoms with E-state index >= 15 is 0 Å². The fourth-order valence-electron chi connectivity index (χ4n) is 3.89. The molecule has 1 fully saturated rings. The number of anilines is 1. The first-order chi connectivity index (χ1) is 15.1. The summed E-state index contributed by atoms with van der Waals surface area (Å²) in [5.74, 6) is 0.155. The number of hydrogen-bond donors (Lipinski definition) is 1. The molecule has 6 nitrogen and oxygen atoms in total. The summed E-state index contributed by atoms with van der Waals surface area (Å²) in [7, 11) is 0. The van der Waals surface area contributed by atoms with Crippen LogP contribution in [0.1, 0.15) is 19.4 Å². The zero-order chi connectivity index (χ0) is 21.6. The minimum atomic E-state index is -0.271. The van der Waals surface area contributed by atoms with Crippen LogP contribution >= 0.6 is 11.3 Å². The van der Waals surface area contributed by atoms with E-state index in [1.165, 1.54) is 16.9 Å². The second kappa shape index (κ2) is 10.1. The first kappa shape index (κ1) is 21.6. The van der Waals surface area contributed by atoms with E-state index in [1.54, 1.807) is 0 Å². The third-order valence-electron chi connectivity index (χ3n) is 5.63. The van der Waals surface area contributed by atoms with Crippen molar-refractivity contribution in [1.82, 2.24) is 14.8 Å². The molecule has 164 valence electrons. The van der Waals surface area contributed by atoms with Crippen LogP contribution in [0, 0.1) is 0 Å². The Hall–Kier alpha value is -2.64. The summed E-state index contributed by atoms with van der Waals surface area (Å²) >= 11 is 1.53. The quantitative estimate of drug-likeness (QED) is 0.578. The van der Waals surface area contributed by atoms with Crippen LogP contribution in [0.3, 0.4) is 0 Å². The summed E-state index contributed by atoms with van der Waals surface area (Å²) in [6, 6.07) is 16.3. The lowest BCUT2D eigenvalue weighted by Gasteiger charge is -2.36. The molecule has 1 atom stereocenters. The summed E-state index contributed by atoms with van der Waals surface area (Å²) in [4.78, 5) is 21.8. The SMILES string of the molecule is CCOc1nc2ccc(N[C@H](C)C(=O)N3CCN(CCc4ccccc4)CC3)cc2s1. The molecule has 1 N–H and O–H groups in total. The molecule has 0 unspecified atom stereocenters. The Labute approximate surface area is 187 Å². The van der Waals surface area contributed by atoms with Crippen LogP contribution in [0.5, 0.6) is 5.19 Å². The van der Waals surface area contributed by atoms with Gasteiger partial charge in [-0.3, -0.25) is 9.69 Å². The molecule has 31 heavy (non-hydrogen) atoms. The standard InChI is InChI=1S/C24H30N4O2S/c1-3-30-24-26-21-10-9-20(17-22(21)31-24)25-18(2)23(29)28-15-13-27(14-16-28)12-11-19-7-5-4-6-8-19/h4-10,17-18,25H,3,11-16H2,1-2H3/t18-/m1/s1. The molecule has 1 aromatic heterocycles. The Bertz CT molecular complexity index is 999. The average molecular weight is 439 g/mol. The molecular weight excluding hydrogens is 408 g/mol. The number of thiazole rings is 1. The monoisotopic (exact) mass is 438 g/mol. The van der Waals surface area contributed by atoms with E-state index in [2.05, 4.69) is 45.5 Å². The van der Waals surface area contributed by atoms with Crippen molar-refractivity contribution in [3.63, 3.8) is 0 Å². The van der Waals surface area contributed by atoms with Gasteiger partial charge in [-0.2, -0.15) is 0 Å². The summed E-state index contributed by atoms with van der Waals surface area (Å²) in [6.07, 6.45) is 1.05. The van der Waals surface area contributed by atoms with Crippen molar-refractivity contribution in [3.05, 3.63) is 54.1 Å². The minimum Gasteiger partial charge on any atom is -0.470 e. The predicted octanol–water partition coefficient (Wildman–Crippen LogP) is 3.88. The number of nitrogens with one attached hydrogen (secondary N) is 1. The van der Waals surface area contributed by atoms with Crippen molar-refractivity contribution < 1.29 is 9.53 Å². The van der Waals surface area contributed by atoms with Crippen LogP contribution in [0.25, 0.3) is 10.2 Å². The first-order valence-electron chi connectivity index (χ1n) is 11.0. The molecule has 0 radical (unpaired) electrons. The highest BCUT2D eigenvalue weighted by molar-refractivity contribution is 7.20. The zero-order valence-electron chi connectivity index (χ0n) is 18.2. The van der Waals surface area contributed by atoms with Crippen molar-refractivity contribution in [3.8, 4) is 5.19 Å². The Kier molecular flexibility index (Phi) is 7.04. The van der Waals surface area contributed by atoms with Gasteiger partial charge in [-0.25, -0.2) is 4.98 Å². The van der Waals surface area contributed by atoms with E-state index in [4.69, 9.17) is 4.74 Å². The second-order valence-electron chi connectivity index (χ2n) is 7.86. The van der Waals surface area contributed by atoms with Crippen molar-refractivity contribution in [2.24, 2.45) is 0 Å². The number of ether oxygens (including phenoxy) is 1. The lowest BCUT2D eigenvalue weighted by molar-refractivity contribution is -0.133. The molecule has 7 heteroatoms. The van der Waals surface area contributed by atoms with Crippen LogP contribution in [0.2, 0.25) is 0 Å². The fraction of sp³-hybridized carbons (Fsp3) is 0.417. The topological polar surface area (TPSA) is 57.7 Å². The van der Waals surface area contributed by atoms with E-state index in [9.17, 15) is 4.79 Å². The third kappa shape index (κ3) is 5.54. The molecule has 2 heterocycles. The van der Waals surface area contributed by atoms with Crippen LogP contribution in [-0.2, 0) is 11.2 Å². The summed E-state index contributed by atoms with van der Waals surface area (Å²) in [5, 5.41) is 4.05. The number of rotatable bonds is 8. The van der Waals surface area contributed by atoms with Crippen molar-refractivity contribution in [2.75, 3.05) is 44.6 Å². The number of carbonyl (C=O) groups excluding carboxylic acids is 1. The summed E-state index contributed by atoms with van der Waals surface area (Å²) in [6.45, 7) is 8.96. The highest BCUT2D eigenvalue weighted by Crippen LogP contribution is 2.30. The van der Waals surface area contributed by atoms with Gasteiger partial charge in [0.05, 0.1) is 16.8 Å². The van der Waals surface area contributed by atoms with E-state index in [1.807, 2.05) is 36.9 Å². The Morgan fingerprint density at radius 3 is 2.68 bits per heavy atom. The van der Waals surface area contributed by atoms with E-state index in [0.717, 1.165) is 55.0 Å². The normalized spacial score (nSPS) is 15.7. The van der Waals surface area contributed by atoms with Crippen LogP contribution in [0.4, 0.5) is 5.69 Å². The molecule has 0 saturated carbocycles. The van der Waals surface area contributed by atoms with Crippen LogP contribution in [-0.4, -0.2) is 66.1 Å². The number of nitrogens with zero attached hydrogens (tertiary/aromatic N) is 3. The summed E-state index contributed by atoms with van der Waals surface area (Å²) in [5.41, 5.74) is 3.22. The molecular formula is C24H30N4O2S. The molecule has 1 amide bonds. The first-order valence-corrected chi connectivity index (χ1v) is 11.8. The van der Waals surface area contributed by atoms with Gasteiger partial charge in [-0.05, 0) is 44.0 Å². The number of fused-ring (bicyclic) bond motifs is 1. The molecule has 1 aliphatic heterocycles. The molecule has 1 saturated heterocycles. The predicted molar refractivity (Wildman–Crippen MR) is 127 cm³/mol. The maximum atomic E-state index is 13.0. The zero-order valence-corrected chi connectivity index (χ0v) is 19.0. The molecule has 4 rings (SSSR count). The molecule has 0 bridgehead atoms. The molecule has 0 spiro atoms. The number of piperazine rings is 1. The maximum absolute atomic E-state index is 13.0. The van der Waals surface area contributed by atoms with E-state index < -0.39 is 0 Å². The van der Waals surface area contributed by atoms with Gasteiger partial charge in [0.15, 0.2) is 0 Å². The smallest absolute Gasteiger partial charge is 0.274 e. The molecule has 1 aliphatic rings. The minimum absolute atomic E-state index is 0.155. The van der Waals surface area contributed by atoms with E-state index in [-0.39, 0.29) is 11.9 Å². The highest BCUT2D eigenvalue weighted by Gasteiger charge is 2.24. The van der Waals surface area contributed by atoms with Crippen LogP contribution in [0.15, 0.2) is 48.5 Å². The van der Waals surface area contributed by atoms with Crippen molar-refractivity contribution in [1.29, 1.82) is 0 Å². The molecule has 2 aromatic carbocycles. The average Bonchev–Trinajstić information content (AvgIpc) is 3.20. The van der Waals surface area contributed by atoms with Gasteiger partial charge in [0.25, 0.3) is 5.19 Å². The molecule has 0 aliphatic carbocycles. The van der Waals surface area contributed by atoms with Gasteiger partial charge in [0.2, 0.25) is 5.91 Å². The summed E-state index contributed by atoms with van der Waals surface area (Å²) < 4.78 is 6.56. The third-order valence-corrected chi connectivity index (χ3v) is 6.56. The number of hydrogen-bond acceptors (Lipinski definition) is 6. The Morgan fingerprint density at radius 1 is 1.16 bits per heavy atom. The maximum Gasteiger partial charge on any atom is 0.274 e. The lowest BCUT2D eigenvalue weighted by atomic mass is 10.1. The number of aromatic nitrogens is 1. The Morgan fingerprint density at radius 2 is 1.94 bits per heavy atom. The van der Waals surface area contributed by atoms with Crippen molar-refractivity contribution in [2.45, 2.75) is 26.3 Å². The lowest BCUT2D eigenvalue weighted by Crippen LogP contribution is -2.52.